The fourth-order valence-electron chi connectivity index (χ4n) is 1.06. The van der Waals surface area contributed by atoms with Crippen LogP contribution in [0.2, 0.25) is 0 Å². The predicted octanol–water partition coefficient (Wildman–Crippen LogP) is 0.641. The van der Waals surface area contributed by atoms with Gasteiger partial charge in [-0.2, -0.15) is 0 Å². The summed E-state index contributed by atoms with van der Waals surface area (Å²) >= 11 is 0. The van der Waals surface area contributed by atoms with Gasteiger partial charge in [0.25, 0.3) is 0 Å². The Kier molecular flexibility index (Phi) is 2.77. The predicted molar refractivity (Wildman–Crippen MR) is 52.3 cm³/mol. The normalized spacial score (nSPS) is 12.7. The summed E-state index contributed by atoms with van der Waals surface area (Å²) in [5, 5.41) is 0. The zero-order valence-electron chi connectivity index (χ0n) is 5.58. The van der Waals surface area contributed by atoms with Crippen LogP contribution in [0, 0.1) is 0 Å². The molecule has 1 nitrogen and oxygen atoms in total. The average molecular weight is 209 g/mol. The Hall–Kier alpha value is -0.697. The molecule has 0 saturated heterocycles. The molecule has 0 fully saturated rings. The molecule has 2 heteroatoms. The van der Waals surface area contributed by atoms with Crippen LogP contribution >= 0.6 is 0 Å². The molecule has 0 radical (unpaired) electrons. The van der Waals surface area contributed by atoms with Gasteiger partial charge in [0.1, 0.15) is 12.4 Å². The van der Waals surface area contributed by atoms with Gasteiger partial charge in [-0.3, -0.25) is 0 Å². The molecule has 1 aromatic carbocycles. The molecule has 0 saturated carbocycles. The first-order chi connectivity index (χ1) is 4.97. The summed E-state index contributed by atoms with van der Waals surface area (Å²) in [5.41, 5.74) is 1.17. The van der Waals surface area contributed by atoms with Crippen molar-refractivity contribution >= 4 is 23.7 Å². The van der Waals surface area contributed by atoms with Crippen molar-refractivity contribution in [1.29, 1.82) is 0 Å². The molecule has 0 unspecified atom stereocenters. The summed E-state index contributed by atoms with van der Waals surface area (Å²) in [4.78, 5) is 0. The fraction of sp³-hybridized carbons (Fsp3) is 0.111. The van der Waals surface area contributed by atoms with Crippen LogP contribution in [0.1, 0.15) is 5.56 Å². The van der Waals surface area contributed by atoms with E-state index in [0.29, 0.717) is 6.61 Å². The molecule has 0 amide bonds. The molecule has 0 aromatic heterocycles. The molecule has 1 aliphatic heterocycles. The summed E-state index contributed by atoms with van der Waals surface area (Å²) in [6, 6.07) is 8.03. The summed E-state index contributed by atoms with van der Waals surface area (Å²) in [7, 11) is 0. The van der Waals surface area contributed by atoms with Crippen LogP contribution in [0.25, 0.3) is 6.08 Å². The second-order valence-electron chi connectivity index (χ2n) is 2.25. The van der Waals surface area contributed by atoms with E-state index in [-0.39, 0.29) is 17.6 Å². The number of hydrogen-bond acceptors (Lipinski definition) is 1. The third-order valence-corrected chi connectivity index (χ3v) is 1.55. The molecule has 0 spiro atoms. The summed E-state index contributed by atoms with van der Waals surface area (Å²) in [5.74, 6) is 0.991. The van der Waals surface area contributed by atoms with E-state index in [2.05, 4.69) is 6.08 Å². The van der Waals surface area contributed by atoms with Gasteiger partial charge in [-0.25, -0.2) is 0 Å². The Balaban J connectivity index is 0.000000605. The van der Waals surface area contributed by atoms with Crippen LogP contribution in [-0.2, 0) is 0 Å². The van der Waals surface area contributed by atoms with E-state index in [4.69, 9.17) is 4.74 Å². The molecule has 0 aliphatic carbocycles. The van der Waals surface area contributed by atoms with Gasteiger partial charge in [-0.05, 0) is 12.1 Å². The van der Waals surface area contributed by atoms with E-state index in [1.165, 1.54) is 5.56 Å². The maximum atomic E-state index is 5.34. The number of fused-ring (bicyclic) bond motifs is 1. The van der Waals surface area contributed by atoms with Gasteiger partial charge in [0.05, 0.1) is 0 Å². The average Bonchev–Trinajstić information content (AvgIpc) is 2.05. The number of hydrogen-bond donors (Lipinski definition) is 0. The standard InChI is InChI=1S/C9H8O.GeH4/c1-2-6-9-8(4-1)5-3-7-10-9;/h1-6H,7H2;1H4. The van der Waals surface area contributed by atoms with Gasteiger partial charge >= 0.3 is 17.6 Å². The first-order valence-electron chi connectivity index (χ1n) is 3.35. The van der Waals surface area contributed by atoms with Crippen molar-refractivity contribution in [2.24, 2.45) is 0 Å². The minimum atomic E-state index is 0. The van der Waals surface area contributed by atoms with Crippen LogP contribution in [0.4, 0.5) is 0 Å². The van der Waals surface area contributed by atoms with Crippen LogP contribution in [-0.4, -0.2) is 24.2 Å². The zero-order chi connectivity index (χ0) is 6.81. The van der Waals surface area contributed by atoms with Crippen molar-refractivity contribution in [3.8, 4) is 5.75 Å². The van der Waals surface area contributed by atoms with E-state index >= 15 is 0 Å². The van der Waals surface area contributed by atoms with Gasteiger partial charge in [0.2, 0.25) is 0 Å². The van der Waals surface area contributed by atoms with Gasteiger partial charge < -0.3 is 4.74 Å². The van der Waals surface area contributed by atoms with Crippen LogP contribution < -0.4 is 4.74 Å². The molecular weight excluding hydrogens is 197 g/mol. The fourth-order valence-corrected chi connectivity index (χ4v) is 1.06. The quantitative estimate of drug-likeness (QED) is 0.569. The van der Waals surface area contributed by atoms with Crippen LogP contribution in [0.15, 0.2) is 30.3 Å². The van der Waals surface area contributed by atoms with Crippen LogP contribution in [0.5, 0.6) is 5.75 Å². The SMILES string of the molecule is C1=Cc2ccccc2OC1.[GeH4]. The monoisotopic (exact) mass is 210 g/mol. The van der Waals surface area contributed by atoms with E-state index in [9.17, 15) is 0 Å². The van der Waals surface area contributed by atoms with Crippen molar-refractivity contribution in [2.75, 3.05) is 6.61 Å². The van der Waals surface area contributed by atoms with Crippen molar-refractivity contribution in [3.05, 3.63) is 35.9 Å². The van der Waals surface area contributed by atoms with Gasteiger partial charge in [-0.1, -0.05) is 24.3 Å². The van der Waals surface area contributed by atoms with Crippen LogP contribution in [0.3, 0.4) is 0 Å². The molecule has 0 N–H and O–H groups in total. The molecule has 1 aliphatic rings. The third kappa shape index (κ3) is 1.66. The van der Waals surface area contributed by atoms with E-state index in [0.717, 1.165) is 5.75 Å². The minimum absolute atomic E-state index is 0. The summed E-state index contributed by atoms with van der Waals surface area (Å²) < 4.78 is 5.34. The Bertz CT molecular complexity index is 268. The number of ether oxygens (including phenoxy) is 1. The van der Waals surface area contributed by atoms with Crippen molar-refractivity contribution in [3.63, 3.8) is 0 Å². The Labute approximate surface area is 77.0 Å². The summed E-state index contributed by atoms with van der Waals surface area (Å²) in [6.07, 6.45) is 4.10. The van der Waals surface area contributed by atoms with E-state index in [1.54, 1.807) is 0 Å². The topological polar surface area (TPSA) is 9.23 Å². The van der Waals surface area contributed by atoms with Crippen molar-refractivity contribution in [2.45, 2.75) is 0 Å². The Morgan fingerprint density at radius 2 is 2.00 bits per heavy atom. The van der Waals surface area contributed by atoms with Gasteiger partial charge in [0, 0.05) is 5.56 Å². The third-order valence-electron chi connectivity index (χ3n) is 1.55. The zero-order valence-corrected chi connectivity index (χ0v) is 5.58. The molecule has 2 rings (SSSR count). The number of para-hydroxylation sites is 1. The first kappa shape index (κ1) is 8.40. The van der Waals surface area contributed by atoms with Crippen molar-refractivity contribution < 1.29 is 4.74 Å². The van der Waals surface area contributed by atoms with Gasteiger partial charge in [-0.15, -0.1) is 0 Å². The number of rotatable bonds is 0. The molecule has 58 valence electrons. The van der Waals surface area contributed by atoms with E-state index < -0.39 is 0 Å². The molecule has 1 heterocycles. The van der Waals surface area contributed by atoms with Gasteiger partial charge in [0.15, 0.2) is 0 Å². The number of benzene rings is 1. The molecule has 1 aromatic rings. The van der Waals surface area contributed by atoms with Crippen molar-refractivity contribution in [1.82, 2.24) is 0 Å². The molecule has 11 heavy (non-hydrogen) atoms. The first-order valence-corrected chi connectivity index (χ1v) is 3.35. The Morgan fingerprint density at radius 3 is 2.82 bits per heavy atom. The van der Waals surface area contributed by atoms with E-state index in [1.807, 2.05) is 30.3 Å². The molecule has 0 atom stereocenters. The second kappa shape index (κ2) is 3.62. The summed E-state index contributed by atoms with van der Waals surface area (Å²) in [6.45, 7) is 0.705. The second-order valence-corrected chi connectivity index (χ2v) is 2.25. The Morgan fingerprint density at radius 1 is 1.18 bits per heavy atom. The molecule has 0 bridgehead atoms. The molecular formula is C9H12GeO. The maximum absolute atomic E-state index is 5.34.